The highest BCUT2D eigenvalue weighted by molar-refractivity contribution is 5.97. The minimum absolute atomic E-state index is 0.0244. The van der Waals surface area contributed by atoms with Crippen molar-refractivity contribution in [1.82, 2.24) is 5.32 Å². The highest BCUT2D eigenvalue weighted by atomic mass is 16.3. The number of hydrogen-bond acceptors (Lipinski definition) is 3. The van der Waals surface area contributed by atoms with Gasteiger partial charge in [-0.2, -0.15) is 0 Å². The van der Waals surface area contributed by atoms with E-state index < -0.39 is 5.54 Å². The summed E-state index contributed by atoms with van der Waals surface area (Å²) >= 11 is 0. The smallest absolute Gasteiger partial charge is 0.251 e. The van der Waals surface area contributed by atoms with Gasteiger partial charge in [0, 0.05) is 30.3 Å². The van der Waals surface area contributed by atoms with E-state index in [9.17, 15) is 9.59 Å². The minimum Gasteiger partial charge on any atom is -0.396 e. The molecule has 2 amide bonds. The molecule has 0 spiro atoms. The summed E-state index contributed by atoms with van der Waals surface area (Å²) in [7, 11) is 0. The number of carbonyl (C=O) groups is 2. The lowest BCUT2D eigenvalue weighted by molar-refractivity contribution is -0.114. The molecule has 0 heterocycles. The number of nitrogens with one attached hydrogen (secondary N) is 2. The van der Waals surface area contributed by atoms with E-state index in [0.29, 0.717) is 17.7 Å². The van der Waals surface area contributed by atoms with Crippen LogP contribution >= 0.6 is 0 Å². The Bertz CT molecular complexity index is 488. The number of aliphatic hydroxyl groups excluding tert-OH is 1. The fourth-order valence-electron chi connectivity index (χ4n) is 1.86. The summed E-state index contributed by atoms with van der Waals surface area (Å²) in [6.45, 7) is 5.31. The summed E-state index contributed by atoms with van der Waals surface area (Å²) in [4.78, 5) is 23.2. The van der Waals surface area contributed by atoms with Crippen molar-refractivity contribution in [2.75, 3.05) is 11.9 Å². The van der Waals surface area contributed by atoms with Crippen LogP contribution in [0.25, 0.3) is 0 Å². The van der Waals surface area contributed by atoms with Crippen LogP contribution in [0.2, 0.25) is 0 Å². The maximum atomic E-state index is 12.2. The van der Waals surface area contributed by atoms with Crippen LogP contribution in [0.5, 0.6) is 0 Å². The molecule has 1 rings (SSSR count). The largest absolute Gasteiger partial charge is 0.396 e. The summed E-state index contributed by atoms with van der Waals surface area (Å²) < 4.78 is 0. The molecule has 0 aliphatic carbocycles. The highest BCUT2D eigenvalue weighted by Crippen LogP contribution is 2.16. The van der Waals surface area contributed by atoms with Crippen LogP contribution in [-0.4, -0.2) is 29.1 Å². The van der Waals surface area contributed by atoms with E-state index in [1.54, 1.807) is 24.3 Å². The highest BCUT2D eigenvalue weighted by Gasteiger charge is 2.24. The van der Waals surface area contributed by atoms with Crippen LogP contribution in [0.3, 0.4) is 0 Å². The minimum atomic E-state index is -0.435. The normalized spacial score (nSPS) is 13.4. The quantitative estimate of drug-likeness (QED) is 0.744. The van der Waals surface area contributed by atoms with Crippen LogP contribution in [0, 0.1) is 0 Å². The van der Waals surface area contributed by atoms with Crippen molar-refractivity contribution >= 4 is 17.5 Å². The molecule has 1 atom stereocenters. The maximum Gasteiger partial charge on any atom is 0.251 e. The molecule has 0 saturated heterocycles. The molecule has 0 fully saturated rings. The first-order valence-corrected chi connectivity index (χ1v) is 6.71. The molecule has 1 aromatic carbocycles. The van der Waals surface area contributed by atoms with Crippen LogP contribution < -0.4 is 10.6 Å². The third kappa shape index (κ3) is 4.66. The SMILES string of the molecule is CCC(C)(CCO)NC(=O)c1cccc(NC(C)=O)c1. The number of benzene rings is 1. The van der Waals surface area contributed by atoms with E-state index in [1.807, 2.05) is 13.8 Å². The van der Waals surface area contributed by atoms with Crippen molar-refractivity contribution in [3.8, 4) is 0 Å². The Morgan fingerprint density at radius 3 is 2.60 bits per heavy atom. The maximum absolute atomic E-state index is 12.2. The van der Waals surface area contributed by atoms with E-state index >= 15 is 0 Å². The number of amides is 2. The van der Waals surface area contributed by atoms with Gasteiger partial charge in [-0.15, -0.1) is 0 Å². The van der Waals surface area contributed by atoms with Gasteiger partial charge in [0.25, 0.3) is 5.91 Å². The average Bonchev–Trinajstić information content (AvgIpc) is 2.38. The van der Waals surface area contributed by atoms with Crippen molar-refractivity contribution < 1.29 is 14.7 Å². The first-order chi connectivity index (χ1) is 9.40. The fourth-order valence-corrected chi connectivity index (χ4v) is 1.86. The second kappa shape index (κ2) is 7.05. The standard InChI is InChI=1S/C15H22N2O3/c1-4-15(3,8-9-18)17-14(20)12-6-5-7-13(10-12)16-11(2)19/h5-7,10,18H,4,8-9H2,1-3H3,(H,16,19)(H,17,20). The van der Waals surface area contributed by atoms with Gasteiger partial charge in [-0.1, -0.05) is 13.0 Å². The molecule has 0 bridgehead atoms. The molecule has 0 aromatic heterocycles. The molecule has 0 aliphatic heterocycles. The summed E-state index contributed by atoms with van der Waals surface area (Å²) in [5, 5.41) is 14.6. The second-order valence-corrected chi connectivity index (χ2v) is 5.10. The Hall–Kier alpha value is -1.88. The Balaban J connectivity index is 2.84. The monoisotopic (exact) mass is 278 g/mol. The van der Waals surface area contributed by atoms with Crippen LogP contribution in [-0.2, 0) is 4.79 Å². The molecule has 0 saturated carbocycles. The van der Waals surface area contributed by atoms with Gasteiger partial charge in [-0.25, -0.2) is 0 Å². The molecule has 0 radical (unpaired) electrons. The summed E-state index contributed by atoms with van der Waals surface area (Å²) in [5.74, 6) is -0.392. The van der Waals surface area contributed by atoms with Crippen molar-refractivity contribution in [2.45, 2.75) is 39.2 Å². The lowest BCUT2D eigenvalue weighted by Gasteiger charge is -2.29. The summed E-state index contributed by atoms with van der Waals surface area (Å²) in [5.41, 5.74) is 0.634. The van der Waals surface area contributed by atoms with E-state index in [1.165, 1.54) is 6.92 Å². The average molecular weight is 278 g/mol. The second-order valence-electron chi connectivity index (χ2n) is 5.10. The summed E-state index contributed by atoms with van der Waals surface area (Å²) in [6.07, 6.45) is 1.23. The Morgan fingerprint density at radius 2 is 2.05 bits per heavy atom. The number of anilines is 1. The molecule has 5 nitrogen and oxygen atoms in total. The Labute approximate surface area is 119 Å². The predicted octanol–water partition coefficient (Wildman–Crippen LogP) is 1.93. The number of carbonyl (C=O) groups excluding carboxylic acids is 2. The molecule has 0 aliphatic rings. The number of rotatable bonds is 6. The molecule has 1 unspecified atom stereocenters. The molecule has 1 aromatic rings. The third-order valence-corrected chi connectivity index (χ3v) is 3.30. The van der Waals surface area contributed by atoms with Crippen molar-refractivity contribution in [3.05, 3.63) is 29.8 Å². The van der Waals surface area contributed by atoms with Gasteiger partial charge in [0.05, 0.1) is 0 Å². The van der Waals surface area contributed by atoms with Gasteiger partial charge < -0.3 is 15.7 Å². The van der Waals surface area contributed by atoms with Gasteiger partial charge >= 0.3 is 0 Å². The van der Waals surface area contributed by atoms with Gasteiger partial charge in [0.2, 0.25) is 5.91 Å². The zero-order valence-electron chi connectivity index (χ0n) is 12.2. The van der Waals surface area contributed by atoms with Crippen LogP contribution in [0.1, 0.15) is 44.0 Å². The summed E-state index contributed by atoms with van der Waals surface area (Å²) in [6, 6.07) is 6.77. The van der Waals surface area contributed by atoms with Crippen molar-refractivity contribution in [3.63, 3.8) is 0 Å². The molecule has 5 heteroatoms. The van der Waals surface area contributed by atoms with E-state index in [-0.39, 0.29) is 18.4 Å². The molecule has 110 valence electrons. The molecule has 20 heavy (non-hydrogen) atoms. The molecular weight excluding hydrogens is 256 g/mol. The van der Waals surface area contributed by atoms with E-state index in [0.717, 1.165) is 6.42 Å². The Morgan fingerprint density at radius 1 is 1.35 bits per heavy atom. The lowest BCUT2D eigenvalue weighted by Crippen LogP contribution is -2.46. The lowest BCUT2D eigenvalue weighted by atomic mass is 9.94. The topological polar surface area (TPSA) is 78.4 Å². The van der Waals surface area contributed by atoms with Crippen molar-refractivity contribution in [1.29, 1.82) is 0 Å². The van der Waals surface area contributed by atoms with Crippen molar-refractivity contribution in [2.24, 2.45) is 0 Å². The van der Waals surface area contributed by atoms with Gasteiger partial charge in [0.15, 0.2) is 0 Å². The van der Waals surface area contributed by atoms with Gasteiger partial charge in [-0.3, -0.25) is 9.59 Å². The van der Waals surface area contributed by atoms with E-state index in [2.05, 4.69) is 10.6 Å². The number of hydrogen-bond donors (Lipinski definition) is 3. The fraction of sp³-hybridized carbons (Fsp3) is 0.467. The Kier molecular flexibility index (Phi) is 5.70. The van der Waals surface area contributed by atoms with Crippen LogP contribution in [0.4, 0.5) is 5.69 Å². The van der Waals surface area contributed by atoms with E-state index in [4.69, 9.17) is 5.11 Å². The first kappa shape index (κ1) is 16.2. The predicted molar refractivity (Wildman–Crippen MR) is 78.6 cm³/mol. The first-order valence-electron chi connectivity index (χ1n) is 6.71. The third-order valence-electron chi connectivity index (χ3n) is 3.30. The zero-order valence-corrected chi connectivity index (χ0v) is 12.2. The zero-order chi connectivity index (χ0) is 15.2. The van der Waals surface area contributed by atoms with Crippen LogP contribution in [0.15, 0.2) is 24.3 Å². The van der Waals surface area contributed by atoms with Gasteiger partial charge in [-0.05, 0) is 38.0 Å². The van der Waals surface area contributed by atoms with Gasteiger partial charge in [0.1, 0.15) is 0 Å². The molecule has 3 N–H and O–H groups in total. The number of aliphatic hydroxyl groups is 1. The molecular formula is C15H22N2O3.